The standard InChI is InChI=1S/C20H23F3N6O4S/c1-11(2)18(30)27-34(31,32)14-5-6-16(25-8-14)29-19(28-9-12(3)33-13(4)10-28)15(7-24)17(26-29)20(21,22)23/h5-6,8,11-13H,9-10H2,1-4H3,(H,27,30)/t12-,13+. The minimum absolute atomic E-state index is 0.118. The normalized spacial score (nSPS) is 19.2. The summed E-state index contributed by atoms with van der Waals surface area (Å²) in [5.74, 6) is -1.56. The van der Waals surface area contributed by atoms with Gasteiger partial charge in [-0.15, -0.1) is 0 Å². The molecule has 2 aromatic heterocycles. The van der Waals surface area contributed by atoms with Gasteiger partial charge in [-0.2, -0.15) is 28.2 Å². The summed E-state index contributed by atoms with van der Waals surface area (Å²) < 4.78 is 74.2. The molecule has 0 radical (unpaired) electrons. The fraction of sp³-hybridized carbons (Fsp3) is 0.500. The van der Waals surface area contributed by atoms with Crippen molar-refractivity contribution < 1.29 is 31.1 Å². The van der Waals surface area contributed by atoms with Crippen LogP contribution in [0.4, 0.5) is 19.0 Å². The summed E-state index contributed by atoms with van der Waals surface area (Å²) in [5.41, 5.74) is -2.05. The number of nitrogens with one attached hydrogen (secondary N) is 1. The molecule has 3 rings (SSSR count). The second-order valence-electron chi connectivity index (χ2n) is 8.21. The van der Waals surface area contributed by atoms with Crippen molar-refractivity contribution in [1.82, 2.24) is 19.5 Å². The van der Waals surface area contributed by atoms with Crippen molar-refractivity contribution in [2.75, 3.05) is 18.0 Å². The highest BCUT2D eigenvalue weighted by atomic mass is 32.2. The Morgan fingerprint density at radius 2 is 1.88 bits per heavy atom. The molecule has 0 bridgehead atoms. The minimum Gasteiger partial charge on any atom is -0.372 e. The third-order valence-electron chi connectivity index (χ3n) is 4.97. The molecule has 1 aliphatic heterocycles. The number of sulfonamides is 1. The number of anilines is 1. The van der Waals surface area contributed by atoms with Gasteiger partial charge in [0.2, 0.25) is 5.91 Å². The van der Waals surface area contributed by atoms with Gasteiger partial charge in [-0.25, -0.2) is 18.1 Å². The van der Waals surface area contributed by atoms with Crippen LogP contribution in [0, 0.1) is 17.2 Å². The zero-order valence-corrected chi connectivity index (χ0v) is 19.6. The first-order chi connectivity index (χ1) is 15.7. The Kier molecular flexibility index (Phi) is 6.90. The van der Waals surface area contributed by atoms with Crippen LogP contribution in [-0.4, -0.2) is 54.4 Å². The first-order valence-corrected chi connectivity index (χ1v) is 11.8. The molecule has 10 nitrogen and oxygen atoms in total. The number of hydrogen-bond acceptors (Lipinski definition) is 8. The number of rotatable bonds is 5. The summed E-state index contributed by atoms with van der Waals surface area (Å²) in [6, 6.07) is 3.84. The topological polar surface area (TPSA) is 130 Å². The molecule has 1 amide bonds. The van der Waals surface area contributed by atoms with E-state index in [0.29, 0.717) is 0 Å². The predicted octanol–water partition coefficient (Wildman–Crippen LogP) is 2.23. The van der Waals surface area contributed by atoms with Crippen LogP contribution in [0.25, 0.3) is 5.82 Å². The lowest BCUT2D eigenvalue weighted by Crippen LogP contribution is -2.46. The summed E-state index contributed by atoms with van der Waals surface area (Å²) in [5, 5.41) is 13.2. The van der Waals surface area contributed by atoms with Gasteiger partial charge >= 0.3 is 6.18 Å². The molecule has 0 unspecified atom stereocenters. The monoisotopic (exact) mass is 500 g/mol. The highest BCUT2D eigenvalue weighted by molar-refractivity contribution is 7.90. The van der Waals surface area contributed by atoms with Crippen LogP contribution in [-0.2, 0) is 25.7 Å². The van der Waals surface area contributed by atoms with E-state index in [9.17, 15) is 31.6 Å². The molecule has 1 saturated heterocycles. The van der Waals surface area contributed by atoms with Crippen LogP contribution < -0.4 is 9.62 Å². The van der Waals surface area contributed by atoms with E-state index in [1.54, 1.807) is 24.8 Å². The molecule has 0 aliphatic carbocycles. The Morgan fingerprint density at radius 3 is 2.35 bits per heavy atom. The SMILES string of the molecule is CC(C)C(=O)NS(=O)(=O)c1ccc(-n2nc(C(F)(F)F)c(C#N)c2N2C[C@@H](C)O[C@@H](C)C2)nc1. The number of nitrogens with zero attached hydrogens (tertiary/aromatic N) is 5. The second kappa shape index (κ2) is 9.22. The number of carbonyl (C=O) groups excluding carboxylic acids is 1. The van der Waals surface area contributed by atoms with E-state index in [1.807, 2.05) is 4.72 Å². The molecule has 3 heterocycles. The number of nitriles is 1. The summed E-state index contributed by atoms with van der Waals surface area (Å²) in [7, 11) is -4.23. The highest BCUT2D eigenvalue weighted by Crippen LogP contribution is 2.37. The third kappa shape index (κ3) is 5.15. The molecule has 0 saturated carbocycles. The van der Waals surface area contributed by atoms with E-state index in [1.165, 1.54) is 13.8 Å². The van der Waals surface area contributed by atoms with Crippen molar-refractivity contribution in [3.8, 4) is 11.9 Å². The smallest absolute Gasteiger partial charge is 0.372 e. The largest absolute Gasteiger partial charge is 0.436 e. The Morgan fingerprint density at radius 1 is 1.26 bits per heavy atom. The Bertz CT molecular complexity index is 1210. The van der Waals surface area contributed by atoms with Gasteiger partial charge in [0, 0.05) is 25.2 Å². The van der Waals surface area contributed by atoms with E-state index in [0.717, 1.165) is 23.0 Å². The van der Waals surface area contributed by atoms with E-state index < -0.39 is 39.3 Å². The van der Waals surface area contributed by atoms with Crippen LogP contribution in [0.3, 0.4) is 0 Å². The van der Waals surface area contributed by atoms with E-state index in [2.05, 4.69) is 10.1 Å². The van der Waals surface area contributed by atoms with Crippen LogP contribution in [0.15, 0.2) is 23.2 Å². The molecule has 2 aromatic rings. The molecule has 1 aliphatic rings. The maximum Gasteiger partial charge on any atom is 0.436 e. The highest BCUT2D eigenvalue weighted by Gasteiger charge is 2.42. The average Bonchev–Trinajstić information content (AvgIpc) is 3.13. The number of morpholine rings is 1. The Hall–Kier alpha value is -3.18. The quantitative estimate of drug-likeness (QED) is 0.662. The number of aromatic nitrogens is 3. The van der Waals surface area contributed by atoms with Gasteiger partial charge < -0.3 is 9.64 Å². The number of ether oxygens (including phenoxy) is 1. The molecule has 2 atom stereocenters. The maximum absolute atomic E-state index is 13.7. The molecule has 14 heteroatoms. The van der Waals surface area contributed by atoms with Crippen LogP contribution in [0.2, 0.25) is 0 Å². The zero-order valence-electron chi connectivity index (χ0n) is 18.8. The number of pyridine rings is 1. The Balaban J connectivity index is 2.10. The maximum atomic E-state index is 13.7. The van der Waals surface area contributed by atoms with Crippen LogP contribution in [0.1, 0.15) is 39.0 Å². The van der Waals surface area contributed by atoms with E-state index >= 15 is 0 Å². The average molecular weight is 501 g/mol. The number of amides is 1. The van der Waals surface area contributed by atoms with E-state index in [-0.39, 0.29) is 41.8 Å². The van der Waals surface area contributed by atoms with Crippen LogP contribution >= 0.6 is 0 Å². The Labute approximate surface area is 194 Å². The molecule has 0 aromatic carbocycles. The van der Waals surface area contributed by atoms with Gasteiger partial charge in [-0.3, -0.25) is 4.79 Å². The summed E-state index contributed by atoms with van der Waals surface area (Å²) in [6.07, 6.45) is -4.64. The summed E-state index contributed by atoms with van der Waals surface area (Å²) in [4.78, 5) is 17.0. The number of halogens is 3. The molecule has 34 heavy (non-hydrogen) atoms. The molecule has 0 spiro atoms. The van der Waals surface area contributed by atoms with Gasteiger partial charge in [-0.05, 0) is 26.0 Å². The van der Waals surface area contributed by atoms with Crippen molar-refractivity contribution in [2.24, 2.45) is 5.92 Å². The van der Waals surface area contributed by atoms with Gasteiger partial charge in [0.25, 0.3) is 10.0 Å². The zero-order chi connectivity index (χ0) is 25.4. The van der Waals surface area contributed by atoms with E-state index in [4.69, 9.17) is 4.74 Å². The van der Waals surface area contributed by atoms with Crippen LogP contribution in [0.5, 0.6) is 0 Å². The van der Waals surface area contributed by atoms with Gasteiger partial charge in [0.15, 0.2) is 17.3 Å². The lowest BCUT2D eigenvalue weighted by molar-refractivity contribution is -0.141. The van der Waals surface area contributed by atoms with Crippen molar-refractivity contribution in [3.05, 3.63) is 29.6 Å². The fourth-order valence-corrected chi connectivity index (χ4v) is 4.54. The molecular formula is C20H23F3N6O4S. The van der Waals surface area contributed by atoms with Gasteiger partial charge in [-0.1, -0.05) is 13.8 Å². The lowest BCUT2D eigenvalue weighted by Gasteiger charge is -2.36. The summed E-state index contributed by atoms with van der Waals surface area (Å²) in [6.45, 7) is 6.95. The second-order valence-corrected chi connectivity index (χ2v) is 9.89. The number of carbonyl (C=O) groups is 1. The van der Waals surface area contributed by atoms with Gasteiger partial charge in [0.1, 0.15) is 16.5 Å². The number of alkyl halides is 3. The lowest BCUT2D eigenvalue weighted by atomic mass is 10.2. The number of hydrogen-bond donors (Lipinski definition) is 1. The predicted molar refractivity (Wildman–Crippen MR) is 113 cm³/mol. The van der Waals surface area contributed by atoms with Crippen molar-refractivity contribution in [3.63, 3.8) is 0 Å². The fourth-order valence-electron chi connectivity index (χ4n) is 3.48. The first kappa shape index (κ1) is 25.4. The minimum atomic E-state index is -4.90. The van der Waals surface area contributed by atoms with Crippen molar-refractivity contribution >= 4 is 21.7 Å². The molecule has 1 N–H and O–H groups in total. The third-order valence-corrected chi connectivity index (χ3v) is 6.30. The van der Waals surface area contributed by atoms with Crippen molar-refractivity contribution in [1.29, 1.82) is 5.26 Å². The molecular weight excluding hydrogens is 477 g/mol. The molecule has 1 fully saturated rings. The van der Waals surface area contributed by atoms with Crippen molar-refractivity contribution in [2.45, 2.75) is 51.0 Å². The first-order valence-electron chi connectivity index (χ1n) is 10.3. The molecule has 184 valence electrons. The summed E-state index contributed by atoms with van der Waals surface area (Å²) >= 11 is 0. The van der Waals surface area contributed by atoms with Gasteiger partial charge in [0.05, 0.1) is 12.2 Å².